The highest BCUT2D eigenvalue weighted by Crippen LogP contribution is 2.34. The number of hydrogen-bond acceptors (Lipinski definition) is 6. The first-order chi connectivity index (χ1) is 14.4. The Kier molecular flexibility index (Phi) is 4.32. The summed E-state index contributed by atoms with van der Waals surface area (Å²) >= 11 is 1.59. The van der Waals surface area contributed by atoms with E-state index >= 15 is 0 Å². The number of anilines is 1. The molecule has 4 aromatic heterocycles. The van der Waals surface area contributed by atoms with Gasteiger partial charge in [0.05, 0.1) is 23.0 Å². The number of rotatable bonds is 2. The van der Waals surface area contributed by atoms with Crippen LogP contribution in [0.2, 0.25) is 0 Å². The third kappa shape index (κ3) is 3.33. The molecule has 5 rings (SSSR count). The first-order valence-corrected chi connectivity index (χ1v) is 10.6. The maximum absolute atomic E-state index is 12.5. The zero-order valence-corrected chi connectivity index (χ0v) is 17.8. The number of fused-ring (bicyclic) bond motifs is 2. The van der Waals surface area contributed by atoms with Crippen molar-refractivity contribution in [2.24, 2.45) is 0 Å². The van der Waals surface area contributed by atoms with Crippen LogP contribution in [-0.4, -0.2) is 37.8 Å². The minimum Gasteiger partial charge on any atom is -0.443 e. The first kappa shape index (κ1) is 18.7. The molecule has 1 aliphatic rings. The third-order valence-corrected chi connectivity index (χ3v) is 5.75. The van der Waals surface area contributed by atoms with Crippen LogP contribution >= 0.6 is 11.3 Å². The molecule has 4 aromatic rings. The van der Waals surface area contributed by atoms with Crippen LogP contribution in [0.3, 0.4) is 0 Å². The van der Waals surface area contributed by atoms with Crippen LogP contribution < -0.4 is 4.90 Å². The summed E-state index contributed by atoms with van der Waals surface area (Å²) in [5.41, 5.74) is 4.35. The summed E-state index contributed by atoms with van der Waals surface area (Å²) in [5, 5.41) is 7.35. The highest BCUT2D eigenvalue weighted by atomic mass is 32.1. The molecule has 8 heteroatoms. The van der Waals surface area contributed by atoms with Crippen molar-refractivity contribution in [3.05, 3.63) is 53.8 Å². The predicted molar refractivity (Wildman–Crippen MR) is 117 cm³/mol. The normalized spacial score (nSPS) is 13.6. The summed E-state index contributed by atoms with van der Waals surface area (Å²) in [6.45, 7) is 6.16. The number of pyridine rings is 2. The van der Waals surface area contributed by atoms with Crippen molar-refractivity contribution in [3.63, 3.8) is 0 Å². The monoisotopic (exact) mass is 419 g/mol. The third-order valence-electron chi connectivity index (χ3n) is 4.87. The van der Waals surface area contributed by atoms with E-state index in [9.17, 15) is 4.79 Å². The van der Waals surface area contributed by atoms with E-state index in [2.05, 4.69) is 16.1 Å². The molecule has 0 aliphatic carbocycles. The smallest absolute Gasteiger partial charge is 0.416 e. The molecule has 0 saturated carbocycles. The van der Waals surface area contributed by atoms with Gasteiger partial charge in [-0.25, -0.2) is 19.3 Å². The Balaban J connectivity index is 1.43. The SMILES string of the molecule is CC(C)(C)OC(=O)N1CCc2cc(-c3csc(-c4cnn5ccccc45)n3)cnc21. The van der Waals surface area contributed by atoms with Crippen LogP contribution in [-0.2, 0) is 11.2 Å². The summed E-state index contributed by atoms with van der Waals surface area (Å²) < 4.78 is 7.35. The van der Waals surface area contributed by atoms with Gasteiger partial charge in [0.25, 0.3) is 0 Å². The van der Waals surface area contributed by atoms with E-state index in [0.29, 0.717) is 12.4 Å². The maximum atomic E-state index is 12.5. The van der Waals surface area contributed by atoms with E-state index in [-0.39, 0.29) is 6.09 Å². The van der Waals surface area contributed by atoms with Gasteiger partial charge in [-0.3, -0.25) is 4.90 Å². The Bertz CT molecular complexity index is 1250. The molecular formula is C22H21N5O2S. The molecule has 0 radical (unpaired) electrons. The molecule has 0 N–H and O–H groups in total. The summed E-state index contributed by atoms with van der Waals surface area (Å²) in [5.74, 6) is 0.672. The Morgan fingerprint density at radius 1 is 1.23 bits per heavy atom. The van der Waals surface area contributed by atoms with E-state index in [1.54, 1.807) is 22.4 Å². The summed E-state index contributed by atoms with van der Waals surface area (Å²) in [4.78, 5) is 23.5. The first-order valence-electron chi connectivity index (χ1n) is 9.77. The van der Waals surface area contributed by atoms with Gasteiger partial charge in [-0.05, 0) is 51.0 Å². The Morgan fingerprint density at radius 2 is 2.10 bits per heavy atom. The highest BCUT2D eigenvalue weighted by Gasteiger charge is 2.30. The Labute approximate surface area is 178 Å². The van der Waals surface area contributed by atoms with E-state index in [1.165, 1.54) is 0 Å². The van der Waals surface area contributed by atoms with Crippen molar-refractivity contribution >= 4 is 28.8 Å². The van der Waals surface area contributed by atoms with Gasteiger partial charge in [0, 0.05) is 29.9 Å². The molecule has 0 saturated heterocycles. The summed E-state index contributed by atoms with van der Waals surface area (Å²) in [6, 6.07) is 8.05. The standard InChI is InChI=1S/C22H21N5O2S/c1-22(2,3)29-21(28)26-9-7-14-10-15(11-23-19(14)26)17-13-30-20(25-17)16-12-24-27-8-5-4-6-18(16)27/h4-6,8,10-13H,7,9H2,1-3H3. The number of thiazole rings is 1. The van der Waals surface area contributed by atoms with E-state index in [1.807, 2.05) is 61.3 Å². The van der Waals surface area contributed by atoms with Crippen LogP contribution in [0.15, 0.2) is 48.2 Å². The second kappa shape index (κ2) is 6.91. The van der Waals surface area contributed by atoms with Gasteiger partial charge in [-0.2, -0.15) is 5.10 Å². The zero-order valence-electron chi connectivity index (χ0n) is 17.0. The van der Waals surface area contributed by atoms with Gasteiger partial charge in [0.1, 0.15) is 16.4 Å². The second-order valence-electron chi connectivity index (χ2n) is 8.22. The molecule has 0 fully saturated rings. The second-order valence-corrected chi connectivity index (χ2v) is 9.07. The fraction of sp³-hybridized carbons (Fsp3) is 0.273. The molecule has 0 atom stereocenters. The summed E-state index contributed by atoms with van der Waals surface area (Å²) in [7, 11) is 0. The zero-order chi connectivity index (χ0) is 20.9. The lowest BCUT2D eigenvalue weighted by molar-refractivity contribution is 0.0583. The van der Waals surface area contributed by atoms with E-state index in [0.717, 1.165) is 39.3 Å². The van der Waals surface area contributed by atoms with Crippen LogP contribution in [0.1, 0.15) is 26.3 Å². The fourth-order valence-electron chi connectivity index (χ4n) is 3.53. The Morgan fingerprint density at radius 3 is 2.93 bits per heavy atom. The lowest BCUT2D eigenvalue weighted by Gasteiger charge is -2.24. The van der Waals surface area contributed by atoms with Crippen LogP contribution in [0.25, 0.3) is 27.3 Å². The van der Waals surface area contributed by atoms with Crippen LogP contribution in [0.4, 0.5) is 10.6 Å². The molecular weight excluding hydrogens is 398 g/mol. The van der Waals surface area contributed by atoms with Gasteiger partial charge in [-0.1, -0.05) is 6.07 Å². The minimum atomic E-state index is -0.533. The molecule has 1 amide bonds. The van der Waals surface area contributed by atoms with Crippen LogP contribution in [0.5, 0.6) is 0 Å². The average Bonchev–Trinajstić information content (AvgIpc) is 3.43. The highest BCUT2D eigenvalue weighted by molar-refractivity contribution is 7.13. The number of hydrogen-bond donors (Lipinski definition) is 0. The van der Waals surface area contributed by atoms with Crippen LogP contribution in [0, 0.1) is 0 Å². The lowest BCUT2D eigenvalue weighted by Crippen LogP contribution is -2.36. The van der Waals surface area contributed by atoms with Crippen molar-refractivity contribution in [3.8, 4) is 21.8 Å². The molecule has 0 unspecified atom stereocenters. The fourth-order valence-corrected chi connectivity index (χ4v) is 4.38. The predicted octanol–water partition coefficient (Wildman–Crippen LogP) is 4.82. The Hall–Kier alpha value is -3.26. The molecule has 0 spiro atoms. The number of aromatic nitrogens is 4. The van der Waals surface area contributed by atoms with Crippen molar-refractivity contribution in [2.45, 2.75) is 32.8 Å². The molecule has 0 aromatic carbocycles. The number of carbonyl (C=O) groups is 1. The molecule has 1 aliphatic heterocycles. The van der Waals surface area contributed by atoms with Crippen molar-refractivity contribution in [2.75, 3.05) is 11.4 Å². The molecule has 0 bridgehead atoms. The maximum Gasteiger partial charge on any atom is 0.416 e. The number of nitrogens with zero attached hydrogens (tertiary/aromatic N) is 5. The van der Waals surface area contributed by atoms with Gasteiger partial charge in [-0.15, -0.1) is 11.3 Å². The van der Waals surface area contributed by atoms with E-state index in [4.69, 9.17) is 9.72 Å². The van der Waals surface area contributed by atoms with Crippen molar-refractivity contribution < 1.29 is 9.53 Å². The van der Waals surface area contributed by atoms with Gasteiger partial charge < -0.3 is 4.74 Å². The van der Waals surface area contributed by atoms with E-state index < -0.39 is 5.60 Å². The molecule has 30 heavy (non-hydrogen) atoms. The molecule has 7 nitrogen and oxygen atoms in total. The number of amides is 1. The van der Waals surface area contributed by atoms with Crippen molar-refractivity contribution in [1.82, 2.24) is 19.6 Å². The van der Waals surface area contributed by atoms with Gasteiger partial charge >= 0.3 is 6.09 Å². The quantitative estimate of drug-likeness (QED) is 0.466. The van der Waals surface area contributed by atoms with Gasteiger partial charge in [0.2, 0.25) is 0 Å². The average molecular weight is 420 g/mol. The topological polar surface area (TPSA) is 72.6 Å². The number of carbonyl (C=O) groups excluding carboxylic acids is 1. The van der Waals surface area contributed by atoms with Crippen molar-refractivity contribution in [1.29, 1.82) is 0 Å². The largest absolute Gasteiger partial charge is 0.443 e. The lowest BCUT2D eigenvalue weighted by atomic mass is 10.1. The summed E-state index contributed by atoms with van der Waals surface area (Å²) in [6.07, 6.45) is 5.94. The molecule has 152 valence electrons. The molecule has 5 heterocycles. The minimum absolute atomic E-state index is 0.356. The number of ether oxygens (including phenoxy) is 1. The van der Waals surface area contributed by atoms with Gasteiger partial charge in [0.15, 0.2) is 0 Å².